The van der Waals surface area contributed by atoms with Crippen molar-refractivity contribution in [3.8, 4) is 0 Å². The maximum atomic E-state index is 11.3. The Labute approximate surface area is 108 Å². The molecule has 5 heteroatoms. The van der Waals surface area contributed by atoms with E-state index in [1.807, 2.05) is 17.1 Å². The molecular weight excluding hydrogens is 230 g/mol. The van der Waals surface area contributed by atoms with E-state index in [0.717, 1.165) is 26.2 Å². The Balaban J connectivity index is 1.92. The van der Waals surface area contributed by atoms with Crippen LogP contribution in [0.1, 0.15) is 13.3 Å². The SMILES string of the molecule is COC1(N)C=CC(N2CCN(C(C)=O)CC2)=CC1. The third kappa shape index (κ3) is 2.73. The van der Waals surface area contributed by atoms with Crippen molar-refractivity contribution in [1.29, 1.82) is 0 Å². The van der Waals surface area contributed by atoms with Crippen LogP contribution in [0.5, 0.6) is 0 Å². The number of rotatable bonds is 2. The zero-order valence-electron chi connectivity index (χ0n) is 11.1. The van der Waals surface area contributed by atoms with E-state index < -0.39 is 5.72 Å². The molecule has 1 unspecified atom stereocenters. The van der Waals surface area contributed by atoms with Gasteiger partial charge in [0.25, 0.3) is 0 Å². The van der Waals surface area contributed by atoms with Gasteiger partial charge < -0.3 is 14.5 Å². The summed E-state index contributed by atoms with van der Waals surface area (Å²) in [5.41, 5.74) is 6.50. The summed E-state index contributed by atoms with van der Waals surface area (Å²) >= 11 is 0. The molecule has 0 aromatic heterocycles. The van der Waals surface area contributed by atoms with E-state index in [-0.39, 0.29) is 5.91 Å². The zero-order valence-corrected chi connectivity index (χ0v) is 11.1. The average molecular weight is 251 g/mol. The van der Waals surface area contributed by atoms with Crippen molar-refractivity contribution in [2.24, 2.45) is 5.73 Å². The molecule has 18 heavy (non-hydrogen) atoms. The van der Waals surface area contributed by atoms with Crippen molar-refractivity contribution < 1.29 is 9.53 Å². The molecule has 1 atom stereocenters. The smallest absolute Gasteiger partial charge is 0.219 e. The van der Waals surface area contributed by atoms with Crippen LogP contribution in [0.4, 0.5) is 0 Å². The maximum Gasteiger partial charge on any atom is 0.219 e. The molecular formula is C13H21N3O2. The molecule has 1 saturated heterocycles. The van der Waals surface area contributed by atoms with Crippen LogP contribution >= 0.6 is 0 Å². The molecule has 1 aliphatic carbocycles. The van der Waals surface area contributed by atoms with Crippen LogP contribution in [0.15, 0.2) is 23.9 Å². The van der Waals surface area contributed by atoms with Crippen LogP contribution in [0, 0.1) is 0 Å². The lowest BCUT2D eigenvalue weighted by Crippen LogP contribution is -2.48. The quantitative estimate of drug-likeness (QED) is 0.717. The van der Waals surface area contributed by atoms with Gasteiger partial charge in [-0.05, 0) is 12.2 Å². The first-order chi connectivity index (χ1) is 8.54. The summed E-state index contributed by atoms with van der Waals surface area (Å²) in [5, 5.41) is 0. The number of hydrogen-bond donors (Lipinski definition) is 1. The molecule has 2 aliphatic rings. The number of nitrogens with zero attached hydrogens (tertiary/aromatic N) is 2. The third-order valence-electron chi connectivity index (χ3n) is 3.64. The number of piperazine rings is 1. The Bertz CT molecular complexity index is 384. The number of nitrogens with two attached hydrogens (primary N) is 1. The van der Waals surface area contributed by atoms with Gasteiger partial charge >= 0.3 is 0 Å². The van der Waals surface area contributed by atoms with E-state index >= 15 is 0 Å². The number of allylic oxidation sites excluding steroid dienone is 1. The minimum atomic E-state index is -0.662. The molecule has 1 heterocycles. The molecule has 2 rings (SSSR count). The molecule has 0 spiro atoms. The number of carbonyl (C=O) groups is 1. The van der Waals surface area contributed by atoms with Crippen LogP contribution in [-0.2, 0) is 9.53 Å². The topological polar surface area (TPSA) is 58.8 Å². The second-order valence-electron chi connectivity index (χ2n) is 4.82. The van der Waals surface area contributed by atoms with Crippen molar-refractivity contribution in [1.82, 2.24) is 9.80 Å². The largest absolute Gasteiger partial charge is 0.368 e. The molecule has 1 fully saturated rings. The number of carbonyl (C=O) groups excluding carboxylic acids is 1. The van der Waals surface area contributed by atoms with Crippen molar-refractivity contribution >= 4 is 5.91 Å². The normalized spacial score (nSPS) is 28.3. The van der Waals surface area contributed by atoms with Crippen molar-refractivity contribution in [3.63, 3.8) is 0 Å². The van der Waals surface area contributed by atoms with Gasteiger partial charge in [0.2, 0.25) is 5.91 Å². The van der Waals surface area contributed by atoms with E-state index in [4.69, 9.17) is 10.5 Å². The molecule has 100 valence electrons. The van der Waals surface area contributed by atoms with E-state index in [9.17, 15) is 4.79 Å². The molecule has 1 aliphatic heterocycles. The third-order valence-corrected chi connectivity index (χ3v) is 3.64. The molecule has 0 radical (unpaired) electrons. The first-order valence-corrected chi connectivity index (χ1v) is 6.28. The molecule has 1 amide bonds. The van der Waals surface area contributed by atoms with Gasteiger partial charge in [-0.1, -0.05) is 6.08 Å². The predicted octanol–water partition coefficient (Wildman–Crippen LogP) is 0.296. The summed E-state index contributed by atoms with van der Waals surface area (Å²) in [7, 11) is 1.62. The fourth-order valence-corrected chi connectivity index (χ4v) is 2.29. The van der Waals surface area contributed by atoms with Crippen LogP contribution in [-0.4, -0.2) is 54.7 Å². The monoisotopic (exact) mass is 251 g/mol. The van der Waals surface area contributed by atoms with E-state index in [1.165, 1.54) is 5.70 Å². The van der Waals surface area contributed by atoms with Crippen LogP contribution in [0.25, 0.3) is 0 Å². The van der Waals surface area contributed by atoms with Crippen molar-refractivity contribution in [3.05, 3.63) is 23.9 Å². The highest BCUT2D eigenvalue weighted by atomic mass is 16.5. The predicted molar refractivity (Wildman–Crippen MR) is 69.6 cm³/mol. The van der Waals surface area contributed by atoms with Crippen LogP contribution < -0.4 is 5.73 Å². The van der Waals surface area contributed by atoms with Gasteiger partial charge in [-0.25, -0.2) is 0 Å². The highest BCUT2D eigenvalue weighted by Gasteiger charge is 2.25. The minimum absolute atomic E-state index is 0.156. The molecule has 0 saturated carbocycles. The average Bonchev–Trinajstić information content (AvgIpc) is 2.40. The Morgan fingerprint density at radius 3 is 2.50 bits per heavy atom. The first-order valence-electron chi connectivity index (χ1n) is 6.28. The molecule has 0 bridgehead atoms. The van der Waals surface area contributed by atoms with Gasteiger partial charge in [0.05, 0.1) is 0 Å². The fraction of sp³-hybridized carbons (Fsp3) is 0.615. The van der Waals surface area contributed by atoms with Crippen LogP contribution in [0.3, 0.4) is 0 Å². The van der Waals surface area contributed by atoms with Gasteiger partial charge in [-0.3, -0.25) is 10.5 Å². The number of methoxy groups -OCH3 is 1. The van der Waals surface area contributed by atoms with Crippen molar-refractivity contribution in [2.45, 2.75) is 19.1 Å². The zero-order chi connectivity index (χ0) is 13.2. The lowest BCUT2D eigenvalue weighted by Gasteiger charge is -2.38. The second kappa shape index (κ2) is 5.12. The molecule has 0 aromatic carbocycles. The standard InChI is InChI=1S/C13H21N3O2/c1-11(17)15-7-9-16(10-8-15)12-3-5-13(14,18-2)6-4-12/h3-5H,6-10,14H2,1-2H3. The fourth-order valence-electron chi connectivity index (χ4n) is 2.29. The molecule has 0 aromatic rings. The highest BCUT2D eigenvalue weighted by molar-refractivity contribution is 5.73. The summed E-state index contributed by atoms with van der Waals surface area (Å²) < 4.78 is 5.24. The summed E-state index contributed by atoms with van der Waals surface area (Å²) in [5.74, 6) is 0.156. The summed E-state index contributed by atoms with van der Waals surface area (Å²) in [6, 6.07) is 0. The number of hydrogen-bond acceptors (Lipinski definition) is 4. The molecule has 5 nitrogen and oxygen atoms in total. The molecule has 2 N–H and O–H groups in total. The number of ether oxygens (including phenoxy) is 1. The van der Waals surface area contributed by atoms with Gasteiger partial charge in [0.1, 0.15) is 5.72 Å². The first kappa shape index (κ1) is 13.1. The van der Waals surface area contributed by atoms with Gasteiger partial charge in [0, 0.05) is 52.3 Å². The Morgan fingerprint density at radius 2 is 2.06 bits per heavy atom. The lowest BCUT2D eigenvalue weighted by atomic mass is 10.0. The maximum absolute atomic E-state index is 11.3. The second-order valence-corrected chi connectivity index (χ2v) is 4.82. The van der Waals surface area contributed by atoms with E-state index in [1.54, 1.807) is 14.0 Å². The summed E-state index contributed by atoms with van der Waals surface area (Å²) in [6.45, 7) is 4.95. The van der Waals surface area contributed by atoms with Crippen LogP contribution in [0.2, 0.25) is 0 Å². The summed E-state index contributed by atoms with van der Waals surface area (Å²) in [4.78, 5) is 15.4. The lowest BCUT2D eigenvalue weighted by molar-refractivity contribution is -0.130. The van der Waals surface area contributed by atoms with Gasteiger partial charge in [0.15, 0.2) is 0 Å². The van der Waals surface area contributed by atoms with E-state index in [2.05, 4.69) is 11.0 Å². The Kier molecular flexibility index (Phi) is 3.73. The highest BCUT2D eigenvalue weighted by Crippen LogP contribution is 2.22. The van der Waals surface area contributed by atoms with Gasteiger partial charge in [-0.15, -0.1) is 0 Å². The van der Waals surface area contributed by atoms with E-state index in [0.29, 0.717) is 6.42 Å². The Morgan fingerprint density at radius 1 is 1.39 bits per heavy atom. The Hall–Kier alpha value is -1.33. The van der Waals surface area contributed by atoms with Crippen molar-refractivity contribution in [2.75, 3.05) is 33.3 Å². The van der Waals surface area contributed by atoms with Gasteiger partial charge in [-0.2, -0.15) is 0 Å². The summed E-state index contributed by atoms with van der Waals surface area (Å²) in [6.07, 6.45) is 6.70. The number of amides is 1. The minimum Gasteiger partial charge on any atom is -0.368 e.